The summed E-state index contributed by atoms with van der Waals surface area (Å²) in [6, 6.07) is 1.16. The third-order valence-electron chi connectivity index (χ3n) is 1.38. The summed E-state index contributed by atoms with van der Waals surface area (Å²) in [5, 5.41) is 0. The van der Waals surface area contributed by atoms with Gasteiger partial charge in [-0.25, -0.2) is 4.98 Å². The molecule has 0 aliphatic rings. The van der Waals surface area contributed by atoms with Crippen molar-refractivity contribution >= 4 is 0 Å². The Labute approximate surface area is 76.5 Å². The van der Waals surface area contributed by atoms with Crippen LogP contribution in [0.4, 0.5) is 17.6 Å². The van der Waals surface area contributed by atoms with E-state index < -0.39 is 18.1 Å². The van der Waals surface area contributed by atoms with Crippen molar-refractivity contribution in [2.24, 2.45) is 5.73 Å². The van der Waals surface area contributed by atoms with Gasteiger partial charge in [0, 0.05) is 18.3 Å². The predicted octanol–water partition coefficient (Wildman–Crippen LogP) is 1.58. The number of aromatic nitrogens is 1. The van der Waals surface area contributed by atoms with E-state index in [4.69, 9.17) is 5.73 Å². The van der Waals surface area contributed by atoms with Crippen LogP contribution >= 0.6 is 0 Å². The fraction of sp³-hybridized carbons (Fsp3) is 0.286. The quantitative estimate of drug-likeness (QED) is 0.595. The van der Waals surface area contributed by atoms with E-state index in [0.717, 1.165) is 12.3 Å². The molecular formula is C7H6F4N2O. The highest BCUT2D eigenvalue weighted by Gasteiger charge is 2.33. The van der Waals surface area contributed by atoms with Crippen LogP contribution in [0.2, 0.25) is 0 Å². The summed E-state index contributed by atoms with van der Waals surface area (Å²) in [5.74, 6) is -2.30. The third kappa shape index (κ3) is 2.56. The Bertz CT molecular complexity index is 326. The topological polar surface area (TPSA) is 48.1 Å². The molecule has 0 aromatic carbocycles. The van der Waals surface area contributed by atoms with Crippen LogP contribution in [0.1, 0.15) is 5.56 Å². The molecule has 0 saturated carbocycles. The second kappa shape index (κ2) is 3.79. The van der Waals surface area contributed by atoms with Gasteiger partial charge in [-0.1, -0.05) is 0 Å². The maximum absolute atomic E-state index is 12.8. The Kier molecular flexibility index (Phi) is 2.90. The molecule has 0 aliphatic heterocycles. The lowest BCUT2D eigenvalue weighted by molar-refractivity contribution is -0.276. The number of ether oxygens (including phenoxy) is 1. The van der Waals surface area contributed by atoms with Gasteiger partial charge in [0.2, 0.25) is 0 Å². The molecule has 0 unspecified atom stereocenters. The largest absolute Gasteiger partial charge is 0.573 e. The minimum atomic E-state index is -4.95. The maximum atomic E-state index is 12.8. The van der Waals surface area contributed by atoms with E-state index in [9.17, 15) is 17.6 Å². The molecule has 1 heterocycles. The van der Waals surface area contributed by atoms with Crippen LogP contribution in [0, 0.1) is 5.95 Å². The second-order valence-electron chi connectivity index (χ2n) is 2.34. The van der Waals surface area contributed by atoms with E-state index in [-0.39, 0.29) is 12.1 Å². The van der Waals surface area contributed by atoms with E-state index in [1.54, 1.807) is 0 Å². The molecule has 0 fully saturated rings. The zero-order chi connectivity index (χ0) is 10.8. The summed E-state index contributed by atoms with van der Waals surface area (Å²) >= 11 is 0. The van der Waals surface area contributed by atoms with Crippen LogP contribution in [0.3, 0.4) is 0 Å². The normalized spacial score (nSPS) is 11.5. The number of rotatable bonds is 2. The van der Waals surface area contributed by atoms with Gasteiger partial charge in [0.15, 0.2) is 5.75 Å². The highest BCUT2D eigenvalue weighted by molar-refractivity contribution is 5.31. The molecule has 0 atom stereocenters. The van der Waals surface area contributed by atoms with E-state index >= 15 is 0 Å². The van der Waals surface area contributed by atoms with Gasteiger partial charge in [0.05, 0.1) is 0 Å². The summed E-state index contributed by atoms with van der Waals surface area (Å²) in [4.78, 5) is 3.02. The summed E-state index contributed by atoms with van der Waals surface area (Å²) < 4.78 is 51.6. The molecule has 0 saturated heterocycles. The number of halogens is 4. The van der Waals surface area contributed by atoms with Gasteiger partial charge >= 0.3 is 6.36 Å². The average molecular weight is 210 g/mol. The lowest BCUT2D eigenvalue weighted by Crippen LogP contribution is -2.20. The predicted molar refractivity (Wildman–Crippen MR) is 38.8 cm³/mol. The van der Waals surface area contributed by atoms with Crippen LogP contribution in [-0.4, -0.2) is 11.3 Å². The van der Waals surface area contributed by atoms with Gasteiger partial charge in [-0.3, -0.25) is 0 Å². The Balaban J connectivity index is 3.05. The van der Waals surface area contributed by atoms with Crippen molar-refractivity contribution < 1.29 is 22.3 Å². The maximum Gasteiger partial charge on any atom is 0.573 e. The molecule has 0 bridgehead atoms. The second-order valence-corrected chi connectivity index (χ2v) is 2.34. The number of hydrogen-bond donors (Lipinski definition) is 1. The van der Waals surface area contributed by atoms with E-state index in [2.05, 4.69) is 9.72 Å². The van der Waals surface area contributed by atoms with Crippen molar-refractivity contribution in [3.8, 4) is 5.75 Å². The van der Waals surface area contributed by atoms with Gasteiger partial charge in [-0.15, -0.1) is 13.2 Å². The molecule has 1 aromatic heterocycles. The van der Waals surface area contributed by atoms with Crippen LogP contribution < -0.4 is 10.5 Å². The molecule has 0 spiro atoms. The average Bonchev–Trinajstić information content (AvgIpc) is 2.06. The van der Waals surface area contributed by atoms with Gasteiger partial charge < -0.3 is 10.5 Å². The van der Waals surface area contributed by atoms with Crippen molar-refractivity contribution in [1.29, 1.82) is 0 Å². The Morgan fingerprint density at radius 3 is 2.57 bits per heavy atom. The fourth-order valence-corrected chi connectivity index (χ4v) is 0.844. The number of alkyl halides is 3. The Morgan fingerprint density at radius 1 is 1.43 bits per heavy atom. The molecular weight excluding hydrogens is 204 g/mol. The van der Waals surface area contributed by atoms with E-state index in [1.807, 2.05) is 0 Å². The van der Waals surface area contributed by atoms with Crippen molar-refractivity contribution in [3.63, 3.8) is 0 Å². The molecule has 2 N–H and O–H groups in total. The zero-order valence-corrected chi connectivity index (χ0v) is 6.81. The Hall–Kier alpha value is -1.37. The molecule has 0 aliphatic carbocycles. The zero-order valence-electron chi connectivity index (χ0n) is 6.81. The van der Waals surface area contributed by atoms with Gasteiger partial charge in [-0.2, -0.15) is 4.39 Å². The lowest BCUT2D eigenvalue weighted by Gasteiger charge is -2.11. The molecule has 78 valence electrons. The number of pyridine rings is 1. The van der Waals surface area contributed by atoms with E-state index in [1.165, 1.54) is 0 Å². The summed E-state index contributed by atoms with van der Waals surface area (Å²) in [6.45, 7) is -0.259. The van der Waals surface area contributed by atoms with E-state index in [0.29, 0.717) is 0 Å². The molecule has 1 rings (SSSR count). The van der Waals surface area contributed by atoms with Crippen molar-refractivity contribution in [1.82, 2.24) is 4.98 Å². The third-order valence-corrected chi connectivity index (χ3v) is 1.38. The van der Waals surface area contributed by atoms with Crippen LogP contribution in [-0.2, 0) is 6.54 Å². The highest BCUT2D eigenvalue weighted by atomic mass is 19.4. The number of hydrogen-bond acceptors (Lipinski definition) is 3. The molecule has 0 amide bonds. The lowest BCUT2D eigenvalue weighted by atomic mass is 10.2. The molecule has 1 aromatic rings. The first-order valence-electron chi connectivity index (χ1n) is 3.53. The highest BCUT2D eigenvalue weighted by Crippen LogP contribution is 2.27. The van der Waals surface area contributed by atoms with Gasteiger partial charge in [0.1, 0.15) is 0 Å². The molecule has 14 heavy (non-hydrogen) atoms. The summed E-state index contributed by atoms with van der Waals surface area (Å²) in [5.41, 5.74) is 5.01. The van der Waals surface area contributed by atoms with Crippen molar-refractivity contribution in [2.45, 2.75) is 12.9 Å². The summed E-state index contributed by atoms with van der Waals surface area (Å²) in [7, 11) is 0. The SMILES string of the molecule is NCc1ccnc(F)c1OC(F)(F)F. The number of nitrogens with zero attached hydrogens (tertiary/aromatic N) is 1. The van der Waals surface area contributed by atoms with Gasteiger partial charge in [-0.05, 0) is 6.07 Å². The van der Waals surface area contributed by atoms with Crippen LogP contribution in [0.15, 0.2) is 12.3 Å². The van der Waals surface area contributed by atoms with Crippen LogP contribution in [0.25, 0.3) is 0 Å². The van der Waals surface area contributed by atoms with Crippen LogP contribution in [0.5, 0.6) is 5.75 Å². The first-order valence-corrected chi connectivity index (χ1v) is 3.53. The van der Waals surface area contributed by atoms with Crippen molar-refractivity contribution in [2.75, 3.05) is 0 Å². The standard InChI is InChI=1S/C7H6F4N2O/c8-6-5(14-7(9,10)11)4(3-12)1-2-13-6/h1-2H,3,12H2. The molecule has 0 radical (unpaired) electrons. The number of nitrogens with two attached hydrogens (primary N) is 1. The molecule has 3 nitrogen and oxygen atoms in total. The van der Waals surface area contributed by atoms with Crippen molar-refractivity contribution in [3.05, 3.63) is 23.8 Å². The first kappa shape index (κ1) is 10.7. The monoisotopic (exact) mass is 210 g/mol. The molecule has 7 heteroatoms. The Morgan fingerprint density at radius 2 is 2.07 bits per heavy atom. The smallest absolute Gasteiger partial charge is 0.401 e. The van der Waals surface area contributed by atoms with Gasteiger partial charge in [0.25, 0.3) is 5.95 Å². The first-order chi connectivity index (χ1) is 6.44. The summed E-state index contributed by atoms with van der Waals surface area (Å²) in [6.07, 6.45) is -3.94. The minimum Gasteiger partial charge on any atom is -0.401 e. The fourth-order valence-electron chi connectivity index (χ4n) is 0.844. The minimum absolute atomic E-state index is 0.0881.